The van der Waals surface area contributed by atoms with Gasteiger partial charge in [0.25, 0.3) is 10.0 Å². The van der Waals surface area contributed by atoms with Crippen molar-refractivity contribution in [2.75, 3.05) is 11.8 Å². The van der Waals surface area contributed by atoms with Gasteiger partial charge in [-0.3, -0.25) is 4.72 Å². The first-order chi connectivity index (χ1) is 16.2. The van der Waals surface area contributed by atoms with E-state index in [9.17, 15) is 12.8 Å². The van der Waals surface area contributed by atoms with E-state index in [2.05, 4.69) is 28.5 Å². The first-order valence-corrected chi connectivity index (χ1v) is 12.8. The molecule has 0 saturated heterocycles. The fourth-order valence-electron chi connectivity index (χ4n) is 3.34. The third-order valence-electron chi connectivity index (χ3n) is 4.95. The number of aromatic nitrogens is 3. The van der Waals surface area contributed by atoms with Gasteiger partial charge < -0.3 is 4.74 Å². The maximum atomic E-state index is 13.8. The highest BCUT2D eigenvalue weighted by Gasteiger charge is 2.22. The van der Waals surface area contributed by atoms with Crippen LogP contribution >= 0.6 is 11.3 Å². The Balaban J connectivity index is 1.76. The molecule has 0 amide bonds. The normalized spacial score (nSPS) is 11.6. The van der Waals surface area contributed by atoms with Crippen molar-refractivity contribution in [2.24, 2.45) is 0 Å². The molecule has 0 fully saturated rings. The lowest BCUT2D eigenvalue weighted by atomic mass is 10.1. The zero-order chi connectivity index (χ0) is 24.5. The van der Waals surface area contributed by atoms with E-state index in [4.69, 9.17) is 9.72 Å². The lowest BCUT2D eigenvalue weighted by Gasteiger charge is -2.12. The summed E-state index contributed by atoms with van der Waals surface area (Å²) >= 11 is 1.55. The van der Waals surface area contributed by atoms with Crippen LogP contribution in [0.1, 0.15) is 30.6 Å². The molecule has 0 unspecified atom stereocenters. The molecule has 0 saturated carbocycles. The van der Waals surface area contributed by atoms with Gasteiger partial charge in [-0.15, -0.1) is 11.3 Å². The Kier molecular flexibility index (Phi) is 6.63. The van der Waals surface area contributed by atoms with Crippen molar-refractivity contribution in [1.29, 1.82) is 0 Å². The van der Waals surface area contributed by atoms with Crippen LogP contribution in [0.3, 0.4) is 0 Å². The second kappa shape index (κ2) is 9.47. The molecule has 2 aromatic carbocycles. The van der Waals surface area contributed by atoms with Crippen molar-refractivity contribution in [2.45, 2.75) is 31.6 Å². The van der Waals surface area contributed by atoms with Gasteiger partial charge in [-0.25, -0.2) is 27.8 Å². The maximum absolute atomic E-state index is 13.8. The largest absolute Gasteiger partial charge is 0.495 e. The Labute approximate surface area is 201 Å². The van der Waals surface area contributed by atoms with Crippen molar-refractivity contribution >= 4 is 27.0 Å². The molecule has 0 atom stereocenters. The molecule has 4 rings (SSSR count). The summed E-state index contributed by atoms with van der Waals surface area (Å²) in [6.07, 6.45) is 1.70. The molecule has 2 aromatic heterocycles. The number of nitrogens with one attached hydrogen (secondary N) is 1. The van der Waals surface area contributed by atoms with Gasteiger partial charge in [-0.1, -0.05) is 26.0 Å². The minimum absolute atomic E-state index is 0.0487. The fourth-order valence-corrected chi connectivity index (χ4v) is 5.63. The average Bonchev–Trinajstić information content (AvgIpc) is 3.25. The van der Waals surface area contributed by atoms with E-state index in [1.165, 1.54) is 13.2 Å². The summed E-state index contributed by atoms with van der Waals surface area (Å²) in [5.74, 6) is 0.229. The SMILES string of the molecule is COc1ccc(F)cc1S(=O)(=O)Nc1cccc(-c2nc(C(C)C)sc2-c2ccnc(C)n2)c1. The van der Waals surface area contributed by atoms with Gasteiger partial charge in [-0.2, -0.15) is 0 Å². The van der Waals surface area contributed by atoms with Crippen LogP contribution in [0.5, 0.6) is 5.75 Å². The number of sulfonamides is 1. The Bertz CT molecular complexity index is 1450. The molecule has 0 aliphatic rings. The summed E-state index contributed by atoms with van der Waals surface area (Å²) in [7, 11) is -2.78. The van der Waals surface area contributed by atoms with Crippen LogP contribution in [0.2, 0.25) is 0 Å². The van der Waals surface area contributed by atoms with Gasteiger partial charge in [-0.05, 0) is 43.3 Å². The minimum Gasteiger partial charge on any atom is -0.495 e. The van der Waals surface area contributed by atoms with Crippen LogP contribution in [0.25, 0.3) is 21.8 Å². The van der Waals surface area contributed by atoms with Crippen molar-refractivity contribution < 1.29 is 17.5 Å². The fraction of sp³-hybridized carbons (Fsp3) is 0.208. The van der Waals surface area contributed by atoms with Gasteiger partial charge in [0.2, 0.25) is 0 Å². The summed E-state index contributed by atoms with van der Waals surface area (Å²) in [6, 6.07) is 12.1. The summed E-state index contributed by atoms with van der Waals surface area (Å²) in [6.45, 7) is 5.95. The third kappa shape index (κ3) is 4.92. The number of thiazole rings is 1. The Morgan fingerprint density at radius 2 is 1.88 bits per heavy atom. The van der Waals surface area contributed by atoms with E-state index in [1.54, 1.807) is 35.7 Å². The molecular weight excluding hydrogens is 475 g/mol. The van der Waals surface area contributed by atoms with Crippen molar-refractivity contribution in [1.82, 2.24) is 15.0 Å². The van der Waals surface area contributed by atoms with Gasteiger partial charge in [0.1, 0.15) is 22.3 Å². The quantitative estimate of drug-likeness (QED) is 0.354. The standard InChI is InChI=1S/C24H23FN4O3S2/c1-14(2)24-28-22(23(33-24)19-10-11-26-15(3)27-19)16-6-5-7-18(12-16)29-34(30,31)21-13-17(25)8-9-20(21)32-4/h5-14,29H,1-4H3. The molecule has 0 aliphatic heterocycles. The number of rotatable bonds is 7. The van der Waals surface area contributed by atoms with Crippen LogP contribution < -0.4 is 9.46 Å². The number of methoxy groups -OCH3 is 1. The number of hydrogen-bond acceptors (Lipinski definition) is 7. The molecule has 34 heavy (non-hydrogen) atoms. The predicted octanol–water partition coefficient (Wildman–Crippen LogP) is 5.65. The van der Waals surface area contributed by atoms with E-state index in [0.717, 1.165) is 33.3 Å². The highest BCUT2D eigenvalue weighted by molar-refractivity contribution is 7.92. The number of aryl methyl sites for hydroxylation is 1. The van der Waals surface area contributed by atoms with Crippen LogP contribution in [-0.4, -0.2) is 30.5 Å². The van der Waals surface area contributed by atoms with Crippen LogP contribution in [-0.2, 0) is 10.0 Å². The van der Waals surface area contributed by atoms with E-state index in [1.807, 2.05) is 19.1 Å². The molecular formula is C24H23FN4O3S2. The molecule has 1 N–H and O–H groups in total. The van der Waals surface area contributed by atoms with Crippen molar-refractivity contribution in [3.63, 3.8) is 0 Å². The van der Waals surface area contributed by atoms with Gasteiger partial charge in [0, 0.05) is 23.4 Å². The van der Waals surface area contributed by atoms with E-state index in [0.29, 0.717) is 17.2 Å². The molecule has 176 valence electrons. The molecule has 10 heteroatoms. The monoisotopic (exact) mass is 498 g/mol. The Morgan fingerprint density at radius 1 is 1.09 bits per heavy atom. The van der Waals surface area contributed by atoms with Gasteiger partial charge in [0.15, 0.2) is 0 Å². The second-order valence-corrected chi connectivity index (χ2v) is 10.5. The van der Waals surface area contributed by atoms with Gasteiger partial charge in [0.05, 0.1) is 28.4 Å². The number of hydrogen-bond donors (Lipinski definition) is 1. The number of ether oxygens (including phenoxy) is 1. The Morgan fingerprint density at radius 3 is 2.59 bits per heavy atom. The highest BCUT2D eigenvalue weighted by Crippen LogP contribution is 2.39. The number of anilines is 1. The zero-order valence-corrected chi connectivity index (χ0v) is 20.7. The lowest BCUT2D eigenvalue weighted by molar-refractivity contribution is 0.401. The highest BCUT2D eigenvalue weighted by atomic mass is 32.2. The molecule has 0 bridgehead atoms. The van der Waals surface area contributed by atoms with Crippen LogP contribution in [0, 0.1) is 12.7 Å². The van der Waals surface area contributed by atoms with Crippen molar-refractivity contribution in [3.05, 3.63) is 71.4 Å². The third-order valence-corrected chi connectivity index (χ3v) is 7.73. The first-order valence-electron chi connectivity index (χ1n) is 10.5. The van der Waals surface area contributed by atoms with Gasteiger partial charge >= 0.3 is 0 Å². The molecule has 4 aromatic rings. The summed E-state index contributed by atoms with van der Waals surface area (Å²) in [5.41, 5.74) is 2.49. The summed E-state index contributed by atoms with van der Waals surface area (Å²) in [5, 5.41) is 0.941. The number of benzene rings is 2. The van der Waals surface area contributed by atoms with Crippen LogP contribution in [0.15, 0.2) is 59.6 Å². The molecule has 0 spiro atoms. The first kappa shape index (κ1) is 23.8. The summed E-state index contributed by atoms with van der Waals surface area (Å²) < 4.78 is 47.4. The topological polar surface area (TPSA) is 94.1 Å². The predicted molar refractivity (Wildman–Crippen MR) is 131 cm³/mol. The minimum atomic E-state index is -4.11. The summed E-state index contributed by atoms with van der Waals surface area (Å²) in [4.78, 5) is 14.1. The van der Waals surface area contributed by atoms with E-state index >= 15 is 0 Å². The number of halogens is 1. The zero-order valence-electron chi connectivity index (χ0n) is 19.0. The van der Waals surface area contributed by atoms with E-state index in [-0.39, 0.29) is 16.6 Å². The second-order valence-electron chi connectivity index (χ2n) is 7.86. The number of nitrogens with zero attached hydrogens (tertiary/aromatic N) is 3. The smallest absolute Gasteiger partial charge is 0.265 e. The Hall–Kier alpha value is -3.37. The molecule has 2 heterocycles. The molecule has 7 nitrogen and oxygen atoms in total. The average molecular weight is 499 g/mol. The lowest BCUT2D eigenvalue weighted by Crippen LogP contribution is -2.14. The molecule has 0 radical (unpaired) electrons. The van der Waals surface area contributed by atoms with Crippen LogP contribution in [0.4, 0.5) is 10.1 Å². The maximum Gasteiger partial charge on any atom is 0.265 e. The van der Waals surface area contributed by atoms with Crippen molar-refractivity contribution in [3.8, 4) is 27.6 Å². The molecule has 0 aliphatic carbocycles. The van der Waals surface area contributed by atoms with E-state index < -0.39 is 15.8 Å².